The minimum Gasteiger partial charge on any atom is -0.358 e. The average molecular weight is 382 g/mol. The third-order valence-corrected chi connectivity index (χ3v) is 5.04. The number of rotatable bonds is 9. The Kier molecular flexibility index (Phi) is 6.44. The number of aromatic nitrogens is 1. The molecule has 148 valence electrons. The molecule has 3 aromatic rings. The molecule has 5 N–H and O–H groups in total. The van der Waals surface area contributed by atoms with E-state index < -0.39 is 0 Å². The second-order valence-corrected chi connectivity index (χ2v) is 7.16. The van der Waals surface area contributed by atoms with Crippen LogP contribution in [0.2, 0.25) is 0 Å². The summed E-state index contributed by atoms with van der Waals surface area (Å²) >= 11 is 0. The van der Waals surface area contributed by atoms with Gasteiger partial charge in [-0.3, -0.25) is 4.79 Å². The van der Waals surface area contributed by atoms with Crippen molar-refractivity contribution in [2.45, 2.75) is 32.4 Å². The smallest absolute Gasteiger partial charge is 0.210 e. The van der Waals surface area contributed by atoms with E-state index in [1.807, 2.05) is 37.3 Å². The Morgan fingerprint density at radius 2 is 2.00 bits per heavy atom. The fourth-order valence-electron chi connectivity index (χ4n) is 3.70. The van der Waals surface area contributed by atoms with Crippen LogP contribution in [0, 0.1) is 12.7 Å². The van der Waals surface area contributed by atoms with Gasteiger partial charge in [0.25, 0.3) is 0 Å². The number of hydrogen-bond donors (Lipinski definition) is 3. The number of amides is 1. The fourth-order valence-corrected chi connectivity index (χ4v) is 3.70. The molecular formula is C22H27FN4O. The quantitative estimate of drug-likeness (QED) is 0.496. The molecule has 0 aliphatic rings. The maximum absolute atomic E-state index is 14.8. The number of benzene rings is 2. The highest BCUT2D eigenvalue weighted by molar-refractivity contribution is 5.98. The summed E-state index contributed by atoms with van der Waals surface area (Å²) in [5, 5.41) is 1.03. The summed E-state index contributed by atoms with van der Waals surface area (Å²) in [6.07, 6.45) is 2.26. The van der Waals surface area contributed by atoms with Crippen LogP contribution in [0.5, 0.6) is 0 Å². The lowest BCUT2D eigenvalue weighted by Crippen LogP contribution is -2.37. The number of para-hydroxylation sites is 1. The first-order valence-corrected chi connectivity index (χ1v) is 9.55. The molecule has 0 spiro atoms. The molecule has 2 aromatic carbocycles. The van der Waals surface area contributed by atoms with Gasteiger partial charge in [0, 0.05) is 46.9 Å². The number of fused-ring (bicyclic) bond motifs is 1. The zero-order valence-electron chi connectivity index (χ0n) is 16.1. The van der Waals surface area contributed by atoms with E-state index in [-0.39, 0.29) is 18.4 Å². The van der Waals surface area contributed by atoms with Crippen LogP contribution in [0.3, 0.4) is 0 Å². The van der Waals surface area contributed by atoms with Gasteiger partial charge in [-0.2, -0.15) is 0 Å². The van der Waals surface area contributed by atoms with Crippen LogP contribution >= 0.6 is 0 Å². The van der Waals surface area contributed by atoms with Gasteiger partial charge in [-0.25, -0.2) is 4.39 Å². The van der Waals surface area contributed by atoms with Gasteiger partial charge in [-0.15, -0.1) is 0 Å². The third-order valence-electron chi connectivity index (χ3n) is 5.04. The Labute approximate surface area is 164 Å². The summed E-state index contributed by atoms with van der Waals surface area (Å²) in [6.45, 7) is 3.07. The molecule has 1 unspecified atom stereocenters. The third kappa shape index (κ3) is 4.24. The molecule has 0 fully saturated rings. The number of aryl methyl sites for hydroxylation is 1. The Morgan fingerprint density at radius 3 is 2.75 bits per heavy atom. The van der Waals surface area contributed by atoms with E-state index in [0.29, 0.717) is 18.7 Å². The van der Waals surface area contributed by atoms with Crippen LogP contribution in [0.1, 0.15) is 24.1 Å². The molecule has 28 heavy (non-hydrogen) atoms. The molecule has 1 heterocycles. The standard InChI is InChI=1S/C22H27FN4O/c1-15-22(18-7-2-3-10-21(18)26-15)17-8-4-9-20(23)19(17)13-27(14-28)12-16(25)6-5-11-24/h2-4,7-10,14,16,26H,5-6,11-13,24-25H2,1H3. The lowest BCUT2D eigenvalue weighted by atomic mass is 9.96. The summed E-state index contributed by atoms with van der Waals surface area (Å²) in [4.78, 5) is 16.5. The molecule has 1 atom stereocenters. The van der Waals surface area contributed by atoms with Gasteiger partial charge in [0.1, 0.15) is 5.82 Å². The minimum atomic E-state index is -0.329. The fraction of sp³-hybridized carbons (Fsp3) is 0.318. The highest BCUT2D eigenvalue weighted by atomic mass is 19.1. The molecule has 0 radical (unpaired) electrons. The molecule has 1 aromatic heterocycles. The van der Waals surface area contributed by atoms with Crippen molar-refractivity contribution < 1.29 is 9.18 Å². The monoisotopic (exact) mass is 382 g/mol. The summed E-state index contributed by atoms with van der Waals surface area (Å²) in [7, 11) is 0. The summed E-state index contributed by atoms with van der Waals surface area (Å²) < 4.78 is 14.8. The van der Waals surface area contributed by atoms with Crippen LogP contribution in [-0.2, 0) is 11.3 Å². The van der Waals surface area contributed by atoms with Gasteiger partial charge in [0.15, 0.2) is 0 Å². The van der Waals surface area contributed by atoms with Crippen LogP contribution in [-0.4, -0.2) is 35.4 Å². The molecule has 0 saturated heterocycles. The van der Waals surface area contributed by atoms with E-state index in [9.17, 15) is 9.18 Å². The minimum absolute atomic E-state index is 0.167. The van der Waals surface area contributed by atoms with Crippen molar-refractivity contribution in [2.24, 2.45) is 11.5 Å². The van der Waals surface area contributed by atoms with E-state index in [1.165, 1.54) is 11.0 Å². The molecule has 6 heteroatoms. The number of carbonyl (C=O) groups excluding carboxylic acids is 1. The number of nitrogens with one attached hydrogen (secondary N) is 1. The van der Waals surface area contributed by atoms with Crippen LogP contribution in [0.15, 0.2) is 42.5 Å². The maximum Gasteiger partial charge on any atom is 0.210 e. The molecule has 0 saturated carbocycles. The first kappa shape index (κ1) is 20.0. The van der Waals surface area contributed by atoms with Gasteiger partial charge in [-0.05, 0) is 44.0 Å². The average Bonchev–Trinajstić information content (AvgIpc) is 3.02. The Balaban J connectivity index is 1.96. The number of H-pyrrole nitrogens is 1. The van der Waals surface area contributed by atoms with Crippen LogP contribution < -0.4 is 11.5 Å². The van der Waals surface area contributed by atoms with E-state index in [0.717, 1.165) is 47.0 Å². The summed E-state index contributed by atoms with van der Waals surface area (Å²) in [5.41, 5.74) is 15.8. The Morgan fingerprint density at radius 1 is 1.21 bits per heavy atom. The van der Waals surface area contributed by atoms with Gasteiger partial charge in [-0.1, -0.05) is 30.3 Å². The van der Waals surface area contributed by atoms with Gasteiger partial charge >= 0.3 is 0 Å². The molecular weight excluding hydrogens is 355 g/mol. The number of nitrogens with two attached hydrogens (primary N) is 2. The summed E-state index contributed by atoms with van der Waals surface area (Å²) in [5.74, 6) is -0.329. The van der Waals surface area contributed by atoms with Crippen molar-refractivity contribution in [2.75, 3.05) is 13.1 Å². The van der Waals surface area contributed by atoms with Crippen molar-refractivity contribution in [3.63, 3.8) is 0 Å². The Bertz CT molecular complexity index is 953. The zero-order chi connectivity index (χ0) is 20.1. The van der Waals surface area contributed by atoms with Crippen LogP contribution in [0.4, 0.5) is 4.39 Å². The number of aromatic amines is 1. The van der Waals surface area contributed by atoms with Crippen LogP contribution in [0.25, 0.3) is 22.0 Å². The van der Waals surface area contributed by atoms with Gasteiger partial charge in [0.05, 0.1) is 0 Å². The number of carbonyl (C=O) groups is 1. The molecule has 1 amide bonds. The normalized spacial score (nSPS) is 12.3. The second-order valence-electron chi connectivity index (χ2n) is 7.16. The topological polar surface area (TPSA) is 88.1 Å². The molecule has 3 rings (SSSR count). The maximum atomic E-state index is 14.8. The van der Waals surface area contributed by atoms with Crippen molar-refractivity contribution in [3.8, 4) is 11.1 Å². The zero-order valence-corrected chi connectivity index (χ0v) is 16.1. The van der Waals surface area contributed by atoms with E-state index in [4.69, 9.17) is 11.5 Å². The lowest BCUT2D eigenvalue weighted by molar-refractivity contribution is -0.118. The van der Waals surface area contributed by atoms with E-state index in [1.54, 1.807) is 6.07 Å². The predicted molar refractivity (Wildman–Crippen MR) is 111 cm³/mol. The number of nitrogens with zero attached hydrogens (tertiary/aromatic N) is 1. The van der Waals surface area contributed by atoms with E-state index >= 15 is 0 Å². The molecule has 0 bridgehead atoms. The van der Waals surface area contributed by atoms with Crippen molar-refractivity contribution in [3.05, 3.63) is 59.5 Å². The van der Waals surface area contributed by atoms with Crippen molar-refractivity contribution in [1.29, 1.82) is 0 Å². The highest BCUT2D eigenvalue weighted by Gasteiger charge is 2.19. The predicted octanol–water partition coefficient (Wildman–Crippen LogP) is 3.31. The number of hydrogen-bond acceptors (Lipinski definition) is 3. The van der Waals surface area contributed by atoms with Crippen molar-refractivity contribution in [1.82, 2.24) is 9.88 Å². The lowest BCUT2D eigenvalue weighted by Gasteiger charge is -2.23. The molecule has 0 aliphatic carbocycles. The van der Waals surface area contributed by atoms with Gasteiger partial charge < -0.3 is 21.4 Å². The largest absolute Gasteiger partial charge is 0.358 e. The van der Waals surface area contributed by atoms with Crippen molar-refractivity contribution >= 4 is 17.3 Å². The Hall–Kier alpha value is -2.70. The van der Waals surface area contributed by atoms with E-state index in [2.05, 4.69) is 4.98 Å². The first-order chi connectivity index (χ1) is 13.5. The number of halogens is 1. The van der Waals surface area contributed by atoms with Gasteiger partial charge in [0.2, 0.25) is 6.41 Å². The SMILES string of the molecule is Cc1[nH]c2ccccc2c1-c1cccc(F)c1CN(C=O)CC(N)CCCN. The summed E-state index contributed by atoms with van der Waals surface area (Å²) in [6, 6.07) is 12.8. The molecule has 5 nitrogen and oxygen atoms in total. The highest BCUT2D eigenvalue weighted by Crippen LogP contribution is 2.35. The first-order valence-electron chi connectivity index (χ1n) is 9.55. The molecule has 0 aliphatic heterocycles. The second kappa shape index (κ2) is 8.99.